The molecular weight excluding hydrogens is 510 g/mol. The van der Waals surface area contributed by atoms with Crippen LogP contribution in [0.1, 0.15) is 35.6 Å². The Labute approximate surface area is 230 Å². The van der Waals surface area contributed by atoms with Crippen LogP contribution in [0.2, 0.25) is 0 Å². The lowest BCUT2D eigenvalue weighted by molar-refractivity contribution is -0.116. The molecule has 2 heterocycles. The van der Waals surface area contributed by atoms with Crippen LogP contribution in [0.3, 0.4) is 0 Å². The molecule has 2 fully saturated rings. The number of carbonyl (C=O) groups excluding carboxylic acids is 1. The Morgan fingerprint density at radius 3 is 2.58 bits per heavy atom. The number of hydrogen-bond acceptors (Lipinski definition) is 5. The largest absolute Gasteiger partial charge is 0.378 e. The van der Waals surface area contributed by atoms with Crippen molar-refractivity contribution in [1.29, 1.82) is 0 Å². The topological polar surface area (TPSA) is 54.3 Å². The van der Waals surface area contributed by atoms with Crippen molar-refractivity contribution in [2.75, 3.05) is 24.3 Å². The zero-order valence-electron chi connectivity index (χ0n) is 21.6. The van der Waals surface area contributed by atoms with Gasteiger partial charge in [-0.1, -0.05) is 59.9 Å². The Hall–Kier alpha value is -3.03. The van der Waals surface area contributed by atoms with Gasteiger partial charge in [0, 0.05) is 46.9 Å². The molecular formula is C31H31N3O2S2. The Kier molecular flexibility index (Phi) is 5.89. The van der Waals surface area contributed by atoms with E-state index in [0.717, 1.165) is 32.3 Å². The number of carbonyl (C=O) groups is 1. The highest BCUT2D eigenvalue weighted by Gasteiger charge is 2.55. The van der Waals surface area contributed by atoms with Gasteiger partial charge in [0.1, 0.15) is 6.54 Å². The van der Waals surface area contributed by atoms with Crippen molar-refractivity contribution in [3.8, 4) is 0 Å². The van der Waals surface area contributed by atoms with Crippen LogP contribution in [-0.2, 0) is 11.3 Å². The second kappa shape index (κ2) is 9.31. The van der Waals surface area contributed by atoms with E-state index in [9.17, 15) is 9.59 Å². The molecule has 5 unspecified atom stereocenters. The molecule has 0 spiro atoms. The van der Waals surface area contributed by atoms with E-state index < -0.39 is 0 Å². The monoisotopic (exact) mass is 541 g/mol. The average Bonchev–Trinajstić information content (AvgIpc) is 3.62. The van der Waals surface area contributed by atoms with Crippen LogP contribution in [0.4, 0.5) is 11.4 Å². The SMILES string of the molecule is CN(C)c1ccc(C2c3sc(=O)n(CC(=O)Nc4cccc5ccccc45)c3SC3C4CCC(C4)C23)cc1. The number of nitrogens with zero attached hydrogens (tertiary/aromatic N) is 2. The summed E-state index contributed by atoms with van der Waals surface area (Å²) in [6, 6.07) is 22.8. The van der Waals surface area contributed by atoms with Crippen molar-refractivity contribution in [3.63, 3.8) is 0 Å². The first-order chi connectivity index (χ1) is 18.5. The third-order valence-electron chi connectivity index (χ3n) is 8.82. The summed E-state index contributed by atoms with van der Waals surface area (Å²) in [5.74, 6) is 2.06. The molecule has 2 aliphatic carbocycles. The first-order valence-electron chi connectivity index (χ1n) is 13.4. The predicted octanol–water partition coefficient (Wildman–Crippen LogP) is 6.42. The lowest BCUT2D eigenvalue weighted by atomic mass is 9.75. The van der Waals surface area contributed by atoms with Gasteiger partial charge in [-0.25, -0.2) is 0 Å². The molecule has 0 radical (unpaired) electrons. The van der Waals surface area contributed by atoms with Crippen LogP contribution in [0.15, 0.2) is 76.6 Å². The average molecular weight is 542 g/mol. The molecule has 2 saturated carbocycles. The second-order valence-corrected chi connectivity index (χ2v) is 13.3. The number of fused-ring (bicyclic) bond motifs is 7. The van der Waals surface area contributed by atoms with Gasteiger partial charge in [-0.05, 0) is 66.2 Å². The third-order valence-corrected chi connectivity index (χ3v) is 11.7. The second-order valence-electron chi connectivity index (χ2n) is 11.2. The summed E-state index contributed by atoms with van der Waals surface area (Å²) in [6.07, 6.45) is 3.89. The van der Waals surface area contributed by atoms with Gasteiger partial charge in [-0.15, -0.1) is 11.8 Å². The molecule has 1 N–H and O–H groups in total. The molecule has 7 heteroatoms. The minimum absolute atomic E-state index is 0.0298. The van der Waals surface area contributed by atoms with Crippen LogP contribution in [0.25, 0.3) is 10.8 Å². The summed E-state index contributed by atoms with van der Waals surface area (Å²) in [5, 5.41) is 6.70. The summed E-state index contributed by atoms with van der Waals surface area (Å²) >= 11 is 3.23. The summed E-state index contributed by atoms with van der Waals surface area (Å²) in [6.45, 7) is 0.0403. The van der Waals surface area contributed by atoms with Gasteiger partial charge in [0.05, 0.1) is 5.03 Å². The van der Waals surface area contributed by atoms with Gasteiger partial charge < -0.3 is 10.2 Å². The van der Waals surface area contributed by atoms with E-state index in [2.05, 4.69) is 48.6 Å². The van der Waals surface area contributed by atoms with E-state index in [1.54, 1.807) is 4.57 Å². The van der Waals surface area contributed by atoms with Crippen molar-refractivity contribution in [3.05, 3.63) is 86.8 Å². The molecule has 3 aromatic carbocycles. The lowest BCUT2D eigenvalue weighted by Gasteiger charge is -2.40. The van der Waals surface area contributed by atoms with Crippen LogP contribution in [0, 0.1) is 17.8 Å². The number of nitrogens with one attached hydrogen (secondary N) is 1. The van der Waals surface area contributed by atoms with Crippen molar-refractivity contribution in [2.45, 2.75) is 42.0 Å². The predicted molar refractivity (Wildman–Crippen MR) is 158 cm³/mol. The first kappa shape index (κ1) is 24.0. The minimum atomic E-state index is -0.161. The molecule has 7 rings (SSSR count). The Balaban J connectivity index is 1.24. The standard InChI is InChI=1S/C31H31N3O2S2/c1-33(2)22-14-12-19(13-15-22)26-27-20-10-11-21(16-20)28(27)37-30-29(26)38-31(36)34(30)17-25(35)32-24-9-5-7-18-6-3-4-8-23(18)24/h3-9,12-15,20-21,26-28H,10-11,16-17H2,1-2H3,(H,32,35). The van der Waals surface area contributed by atoms with Crippen LogP contribution < -0.4 is 15.1 Å². The van der Waals surface area contributed by atoms with Gasteiger partial charge in [-0.3, -0.25) is 14.2 Å². The fourth-order valence-corrected chi connectivity index (χ4v) is 10.3. The van der Waals surface area contributed by atoms with Crippen molar-refractivity contribution in [2.24, 2.45) is 17.8 Å². The smallest absolute Gasteiger partial charge is 0.308 e. The number of thioether (sulfide) groups is 1. The van der Waals surface area contributed by atoms with Crippen LogP contribution in [0.5, 0.6) is 0 Å². The minimum Gasteiger partial charge on any atom is -0.378 e. The number of benzene rings is 3. The zero-order chi connectivity index (χ0) is 26.0. The number of thiazole rings is 1. The third kappa shape index (κ3) is 3.90. The van der Waals surface area contributed by atoms with E-state index in [0.29, 0.717) is 17.1 Å². The summed E-state index contributed by atoms with van der Waals surface area (Å²) in [4.78, 5) is 29.9. The van der Waals surface area contributed by atoms with Gasteiger partial charge in [-0.2, -0.15) is 0 Å². The maximum absolute atomic E-state index is 13.4. The van der Waals surface area contributed by atoms with Crippen molar-refractivity contribution in [1.82, 2.24) is 4.57 Å². The molecule has 3 aliphatic rings. The first-order valence-corrected chi connectivity index (χ1v) is 15.1. The molecule has 38 heavy (non-hydrogen) atoms. The fourth-order valence-electron chi connectivity index (χ4n) is 7.11. The number of hydrogen-bond donors (Lipinski definition) is 1. The molecule has 0 saturated heterocycles. The van der Waals surface area contributed by atoms with Crippen LogP contribution in [-0.4, -0.2) is 29.8 Å². The maximum Gasteiger partial charge on any atom is 0.308 e. The van der Waals surface area contributed by atoms with Gasteiger partial charge in [0.25, 0.3) is 0 Å². The Morgan fingerprint density at radius 1 is 1.00 bits per heavy atom. The molecule has 4 aromatic rings. The Morgan fingerprint density at radius 2 is 1.76 bits per heavy atom. The quantitative estimate of drug-likeness (QED) is 0.317. The van der Waals surface area contributed by atoms with Gasteiger partial charge in [0.2, 0.25) is 5.91 Å². The van der Waals surface area contributed by atoms with E-state index in [4.69, 9.17) is 0 Å². The summed E-state index contributed by atoms with van der Waals surface area (Å²) in [5.41, 5.74) is 3.26. The molecule has 2 bridgehead atoms. The lowest BCUT2D eigenvalue weighted by Crippen LogP contribution is -2.34. The van der Waals surface area contributed by atoms with Crippen molar-refractivity contribution < 1.29 is 4.79 Å². The summed E-state index contributed by atoms with van der Waals surface area (Å²) in [7, 11) is 4.12. The Bertz CT molecular complexity index is 1580. The van der Waals surface area contributed by atoms with E-state index in [1.807, 2.05) is 54.2 Å². The van der Waals surface area contributed by atoms with Crippen LogP contribution >= 0.6 is 23.1 Å². The van der Waals surface area contributed by atoms with Crippen molar-refractivity contribution >= 4 is 51.2 Å². The van der Waals surface area contributed by atoms with E-state index in [-0.39, 0.29) is 23.2 Å². The molecule has 1 aliphatic heterocycles. The number of amides is 1. The zero-order valence-corrected chi connectivity index (χ0v) is 23.2. The molecule has 1 aromatic heterocycles. The highest BCUT2D eigenvalue weighted by atomic mass is 32.2. The van der Waals surface area contributed by atoms with Gasteiger partial charge in [0.15, 0.2) is 0 Å². The molecule has 1 amide bonds. The normalized spacial score (nSPS) is 25.3. The molecule has 5 atom stereocenters. The molecule has 5 nitrogen and oxygen atoms in total. The molecule has 194 valence electrons. The van der Waals surface area contributed by atoms with Gasteiger partial charge >= 0.3 is 4.87 Å². The number of aromatic nitrogens is 1. The number of rotatable bonds is 5. The fraction of sp³-hybridized carbons (Fsp3) is 0.355. The maximum atomic E-state index is 13.4. The van der Waals surface area contributed by atoms with E-state index in [1.165, 1.54) is 41.9 Å². The highest BCUT2D eigenvalue weighted by molar-refractivity contribution is 8.00. The summed E-state index contributed by atoms with van der Waals surface area (Å²) < 4.78 is 1.74. The number of anilines is 2. The van der Waals surface area contributed by atoms with E-state index >= 15 is 0 Å². The highest BCUT2D eigenvalue weighted by Crippen LogP contribution is 2.64.